The lowest BCUT2D eigenvalue weighted by molar-refractivity contribution is -0.132. The first-order valence-corrected chi connectivity index (χ1v) is 10.8. The number of amides is 2. The van der Waals surface area contributed by atoms with Crippen LogP contribution in [0.25, 0.3) is 0 Å². The largest absolute Gasteiger partial charge is 0.493 e. The van der Waals surface area contributed by atoms with Gasteiger partial charge in [-0.05, 0) is 36.8 Å². The Hall–Kier alpha value is -3.13. The Morgan fingerprint density at radius 2 is 2.12 bits per heavy atom. The number of carbonyl (C=O) groups is 2. The fourth-order valence-electron chi connectivity index (χ4n) is 4.09. The molecule has 0 N–H and O–H groups in total. The fourth-order valence-corrected chi connectivity index (χ4v) is 4.09. The van der Waals surface area contributed by atoms with Gasteiger partial charge in [0.25, 0.3) is 0 Å². The third kappa shape index (κ3) is 4.85. The van der Waals surface area contributed by atoms with Crippen molar-refractivity contribution in [3.8, 4) is 11.5 Å². The lowest BCUT2D eigenvalue weighted by atomic mass is 9.98. The van der Waals surface area contributed by atoms with Crippen LogP contribution in [-0.2, 0) is 14.3 Å². The van der Waals surface area contributed by atoms with Crippen LogP contribution in [0.4, 0.5) is 5.82 Å². The zero-order chi connectivity index (χ0) is 22.7. The van der Waals surface area contributed by atoms with E-state index in [0.29, 0.717) is 43.5 Å². The Balaban J connectivity index is 1.43. The van der Waals surface area contributed by atoms with Gasteiger partial charge < -0.3 is 19.1 Å². The van der Waals surface area contributed by atoms with Gasteiger partial charge in [0, 0.05) is 38.0 Å². The number of pyridine rings is 1. The molecule has 2 saturated heterocycles. The number of likely N-dealkylation sites (tertiary alicyclic amines) is 1. The minimum absolute atomic E-state index is 0.00394. The molecule has 0 bridgehead atoms. The maximum absolute atomic E-state index is 12.8. The molecule has 4 rings (SSSR count). The molecule has 32 heavy (non-hydrogen) atoms. The van der Waals surface area contributed by atoms with E-state index < -0.39 is 0 Å². The van der Waals surface area contributed by atoms with E-state index in [4.69, 9.17) is 14.2 Å². The van der Waals surface area contributed by atoms with E-state index in [9.17, 15) is 9.59 Å². The lowest BCUT2D eigenvalue weighted by Gasteiger charge is -2.22. The van der Waals surface area contributed by atoms with Gasteiger partial charge in [-0.1, -0.05) is 12.1 Å². The number of benzene rings is 1. The van der Waals surface area contributed by atoms with Gasteiger partial charge in [-0.2, -0.15) is 0 Å². The summed E-state index contributed by atoms with van der Waals surface area (Å²) in [6, 6.07) is 11.3. The molecule has 0 saturated carbocycles. The Morgan fingerprint density at radius 1 is 1.28 bits per heavy atom. The summed E-state index contributed by atoms with van der Waals surface area (Å²) < 4.78 is 16.9. The molecular formula is C24H29N3O5. The SMILES string of the molecule is COc1ccc([C@@H]2CC(=O)N(CC(=O)N(C)c3cccc(C)n3)C2)cc1O[C@@H]1CCOC1. The molecule has 8 nitrogen and oxygen atoms in total. The van der Waals surface area contributed by atoms with Crippen molar-refractivity contribution in [2.24, 2.45) is 0 Å². The molecule has 2 amide bonds. The maximum atomic E-state index is 12.8. The molecule has 2 aliphatic rings. The molecule has 8 heteroatoms. The van der Waals surface area contributed by atoms with Gasteiger partial charge in [0.1, 0.15) is 18.5 Å². The van der Waals surface area contributed by atoms with Crippen LogP contribution in [0.3, 0.4) is 0 Å². The van der Waals surface area contributed by atoms with Crippen molar-refractivity contribution in [3.05, 3.63) is 47.7 Å². The normalized spacial score (nSPS) is 20.5. The van der Waals surface area contributed by atoms with Crippen LogP contribution in [0.2, 0.25) is 0 Å². The fraction of sp³-hybridized carbons (Fsp3) is 0.458. The standard InChI is InChI=1S/C24H29N3O5/c1-16-5-4-6-22(25-16)26(2)24(29)14-27-13-18(12-23(27)28)17-7-8-20(30-3)21(11-17)32-19-9-10-31-15-19/h4-8,11,18-19H,9-10,12-15H2,1-3H3/t18-,19-/m1/s1. The highest BCUT2D eigenvalue weighted by atomic mass is 16.6. The molecule has 2 atom stereocenters. The van der Waals surface area contributed by atoms with Gasteiger partial charge in [0.15, 0.2) is 11.5 Å². The van der Waals surface area contributed by atoms with Crippen LogP contribution in [-0.4, -0.2) is 68.3 Å². The number of hydrogen-bond acceptors (Lipinski definition) is 6. The van der Waals surface area contributed by atoms with Crippen LogP contribution in [0.15, 0.2) is 36.4 Å². The van der Waals surface area contributed by atoms with Crippen LogP contribution in [0.1, 0.15) is 30.0 Å². The van der Waals surface area contributed by atoms with Gasteiger partial charge in [0.2, 0.25) is 11.8 Å². The predicted octanol–water partition coefficient (Wildman–Crippen LogP) is 2.55. The number of nitrogens with zero attached hydrogens (tertiary/aromatic N) is 3. The highest BCUT2D eigenvalue weighted by Gasteiger charge is 2.33. The number of methoxy groups -OCH3 is 1. The van der Waals surface area contributed by atoms with Crippen molar-refractivity contribution < 1.29 is 23.8 Å². The summed E-state index contributed by atoms with van der Waals surface area (Å²) in [6.45, 7) is 3.65. The summed E-state index contributed by atoms with van der Waals surface area (Å²) in [5, 5.41) is 0. The van der Waals surface area contributed by atoms with E-state index in [-0.39, 0.29) is 30.4 Å². The second-order valence-electron chi connectivity index (χ2n) is 8.28. The van der Waals surface area contributed by atoms with Gasteiger partial charge in [0.05, 0.1) is 20.3 Å². The average Bonchev–Trinajstić information content (AvgIpc) is 3.43. The number of carbonyl (C=O) groups excluding carboxylic acids is 2. The maximum Gasteiger partial charge on any atom is 0.247 e. The van der Waals surface area contributed by atoms with Gasteiger partial charge in [-0.15, -0.1) is 0 Å². The molecule has 2 aromatic rings. The zero-order valence-corrected chi connectivity index (χ0v) is 18.7. The summed E-state index contributed by atoms with van der Waals surface area (Å²) in [4.78, 5) is 32.9. The van der Waals surface area contributed by atoms with E-state index >= 15 is 0 Å². The van der Waals surface area contributed by atoms with Crippen molar-refractivity contribution in [1.82, 2.24) is 9.88 Å². The first kappa shape index (κ1) is 22.1. The minimum Gasteiger partial charge on any atom is -0.493 e. The molecule has 0 unspecified atom stereocenters. The molecule has 2 aliphatic heterocycles. The minimum atomic E-state index is -0.169. The van der Waals surface area contributed by atoms with Crippen LogP contribution < -0.4 is 14.4 Å². The Labute approximate surface area is 188 Å². The Bertz CT molecular complexity index is 989. The number of rotatable bonds is 7. The predicted molar refractivity (Wildman–Crippen MR) is 119 cm³/mol. The summed E-state index contributed by atoms with van der Waals surface area (Å²) in [6.07, 6.45) is 1.20. The molecular weight excluding hydrogens is 410 g/mol. The topological polar surface area (TPSA) is 81.2 Å². The van der Waals surface area contributed by atoms with Crippen molar-refractivity contribution >= 4 is 17.6 Å². The molecule has 170 valence electrons. The molecule has 0 radical (unpaired) electrons. The van der Waals surface area contributed by atoms with Crippen molar-refractivity contribution in [2.75, 3.05) is 45.4 Å². The van der Waals surface area contributed by atoms with Gasteiger partial charge >= 0.3 is 0 Å². The number of likely N-dealkylation sites (N-methyl/N-ethyl adjacent to an activating group) is 1. The summed E-state index contributed by atoms with van der Waals surface area (Å²) in [5.41, 5.74) is 1.83. The first-order valence-electron chi connectivity index (χ1n) is 10.8. The quantitative estimate of drug-likeness (QED) is 0.660. The second-order valence-corrected chi connectivity index (χ2v) is 8.28. The zero-order valence-electron chi connectivity index (χ0n) is 18.7. The number of hydrogen-bond donors (Lipinski definition) is 0. The molecule has 3 heterocycles. The second kappa shape index (κ2) is 9.56. The molecule has 1 aromatic heterocycles. The Morgan fingerprint density at radius 3 is 2.84 bits per heavy atom. The lowest BCUT2D eigenvalue weighted by Crippen LogP contribution is -2.39. The van der Waals surface area contributed by atoms with E-state index in [2.05, 4.69) is 4.98 Å². The van der Waals surface area contributed by atoms with Gasteiger partial charge in [-0.25, -0.2) is 4.98 Å². The first-order chi connectivity index (χ1) is 15.4. The number of aromatic nitrogens is 1. The summed E-state index contributed by atoms with van der Waals surface area (Å²) in [7, 11) is 3.29. The highest BCUT2D eigenvalue weighted by Crippen LogP contribution is 2.36. The third-order valence-electron chi connectivity index (χ3n) is 5.97. The highest BCUT2D eigenvalue weighted by molar-refractivity contribution is 5.96. The molecule has 0 aliphatic carbocycles. The summed E-state index contributed by atoms with van der Waals surface area (Å²) in [5.74, 6) is 1.68. The van der Waals surface area contributed by atoms with Crippen molar-refractivity contribution in [1.29, 1.82) is 0 Å². The smallest absolute Gasteiger partial charge is 0.247 e. The number of anilines is 1. The summed E-state index contributed by atoms with van der Waals surface area (Å²) >= 11 is 0. The number of ether oxygens (including phenoxy) is 3. The van der Waals surface area contributed by atoms with E-state index in [1.807, 2.05) is 37.3 Å². The van der Waals surface area contributed by atoms with Crippen LogP contribution in [0.5, 0.6) is 11.5 Å². The Kier molecular flexibility index (Phi) is 6.60. The molecule has 1 aromatic carbocycles. The monoisotopic (exact) mass is 439 g/mol. The van der Waals surface area contributed by atoms with Gasteiger partial charge in [-0.3, -0.25) is 14.5 Å². The molecule has 2 fully saturated rings. The third-order valence-corrected chi connectivity index (χ3v) is 5.97. The van der Waals surface area contributed by atoms with E-state index in [1.165, 1.54) is 4.90 Å². The molecule has 0 spiro atoms. The van der Waals surface area contributed by atoms with E-state index in [0.717, 1.165) is 17.7 Å². The van der Waals surface area contributed by atoms with E-state index in [1.54, 1.807) is 25.1 Å². The van der Waals surface area contributed by atoms with Crippen molar-refractivity contribution in [2.45, 2.75) is 31.8 Å². The van der Waals surface area contributed by atoms with Crippen molar-refractivity contribution in [3.63, 3.8) is 0 Å². The number of aryl methyl sites for hydroxylation is 1. The van der Waals surface area contributed by atoms with Crippen LogP contribution >= 0.6 is 0 Å². The average molecular weight is 440 g/mol. The van der Waals surface area contributed by atoms with Crippen LogP contribution in [0, 0.1) is 6.92 Å².